The van der Waals surface area contributed by atoms with Crippen LogP contribution >= 0.6 is 0 Å². The minimum absolute atomic E-state index is 0.130. The van der Waals surface area contributed by atoms with E-state index in [1.165, 1.54) is 17.7 Å². The summed E-state index contributed by atoms with van der Waals surface area (Å²) in [6.07, 6.45) is -0.389. The number of β-amino-alcohol motifs (C(OH)–C–C–N with tert-alkyl or cyclic N) is 1. The zero-order valence-electron chi connectivity index (χ0n) is 17.4. The van der Waals surface area contributed by atoms with E-state index in [0.29, 0.717) is 12.1 Å². The minimum atomic E-state index is -0.709. The maximum Gasteiger partial charge on any atom is 0.318 e. The number of aryl methyl sites for hydroxylation is 1. The number of nitrogens with one attached hydrogen (secondary N) is 1. The number of hydrogen-bond acceptors (Lipinski definition) is 8. The number of benzene rings is 2. The number of rotatable bonds is 5. The molecule has 3 rings (SSSR count). The summed E-state index contributed by atoms with van der Waals surface area (Å²) in [6.45, 7) is 7.14. The van der Waals surface area contributed by atoms with Gasteiger partial charge in [0.1, 0.15) is 6.23 Å². The van der Waals surface area contributed by atoms with Gasteiger partial charge in [-0.1, -0.05) is 30.3 Å². The van der Waals surface area contributed by atoms with Crippen molar-refractivity contribution in [3.05, 3.63) is 73.8 Å². The molecule has 10 heteroatoms. The molecule has 1 aliphatic rings. The molecule has 0 radical (unpaired) electrons. The molecule has 0 amide bonds. The van der Waals surface area contributed by atoms with E-state index in [0.717, 1.165) is 13.7 Å². The maximum atomic E-state index is 10.6. The number of nitro groups is 2. The first-order chi connectivity index (χ1) is 14.1. The quantitative estimate of drug-likeness (QED) is 0.560. The van der Waals surface area contributed by atoms with E-state index in [9.17, 15) is 25.3 Å². The highest BCUT2D eigenvalue weighted by atomic mass is 16.6. The highest BCUT2D eigenvalue weighted by molar-refractivity contribution is 5.61. The lowest BCUT2D eigenvalue weighted by atomic mass is 10.1. The van der Waals surface area contributed by atoms with Crippen LogP contribution in [-0.2, 0) is 6.54 Å². The van der Waals surface area contributed by atoms with Crippen molar-refractivity contribution in [2.45, 2.75) is 39.2 Å². The van der Waals surface area contributed by atoms with Gasteiger partial charge in [-0.05, 0) is 31.9 Å². The molecule has 0 bridgehead atoms. The number of ether oxygens (including phenoxy) is 1. The predicted molar refractivity (Wildman–Crippen MR) is 111 cm³/mol. The maximum absolute atomic E-state index is 10.6. The fourth-order valence-corrected chi connectivity index (χ4v) is 3.22. The van der Waals surface area contributed by atoms with Crippen molar-refractivity contribution in [3.8, 4) is 5.75 Å². The van der Waals surface area contributed by atoms with Crippen LogP contribution in [0.3, 0.4) is 0 Å². The van der Waals surface area contributed by atoms with E-state index >= 15 is 0 Å². The number of nitro benzene ring substituents is 2. The van der Waals surface area contributed by atoms with Crippen LogP contribution in [0.5, 0.6) is 5.75 Å². The number of nitrogens with zero attached hydrogens (tertiary/aromatic N) is 3. The summed E-state index contributed by atoms with van der Waals surface area (Å²) < 4.78 is 4.67. The lowest BCUT2D eigenvalue weighted by molar-refractivity contribution is -0.395. The Bertz CT molecular complexity index is 868. The first-order valence-corrected chi connectivity index (χ1v) is 9.28. The highest BCUT2D eigenvalue weighted by Gasteiger charge is 2.37. The average Bonchev–Trinajstić information content (AvgIpc) is 2.95. The molecule has 1 fully saturated rings. The van der Waals surface area contributed by atoms with Crippen molar-refractivity contribution >= 4 is 11.4 Å². The first kappa shape index (κ1) is 23.2. The lowest BCUT2D eigenvalue weighted by Gasteiger charge is -2.32. The number of aliphatic hydroxyl groups excluding tert-OH is 1. The molecule has 1 saturated heterocycles. The van der Waals surface area contributed by atoms with Crippen LogP contribution in [0, 0.1) is 27.2 Å². The summed E-state index contributed by atoms with van der Waals surface area (Å²) in [5.41, 5.74) is 0.742. The summed E-state index contributed by atoms with van der Waals surface area (Å²) in [5.74, 6) is -0.324. The van der Waals surface area contributed by atoms with Gasteiger partial charge >= 0.3 is 11.4 Å². The molecule has 0 aliphatic carbocycles. The van der Waals surface area contributed by atoms with Gasteiger partial charge in [-0.25, -0.2) is 0 Å². The molecule has 30 heavy (non-hydrogen) atoms. The third-order valence-electron chi connectivity index (χ3n) is 4.78. The number of methoxy groups -OCH3 is 1. The molecule has 162 valence electrons. The molecule has 0 saturated carbocycles. The molecule has 2 N–H and O–H groups in total. The molecule has 2 aromatic rings. The Balaban J connectivity index is 0.000000214. The second kappa shape index (κ2) is 9.61. The van der Waals surface area contributed by atoms with Crippen LogP contribution in [0.4, 0.5) is 11.4 Å². The SMILES string of the molecule is CC1(C)NCC(O)N1Cc1ccccc1.COc1c([N+](=O)[O-])cc(C)cc1[N+](=O)[O-]. The van der Waals surface area contributed by atoms with Crippen molar-refractivity contribution in [2.24, 2.45) is 0 Å². The van der Waals surface area contributed by atoms with Crippen molar-refractivity contribution in [3.63, 3.8) is 0 Å². The van der Waals surface area contributed by atoms with Crippen LogP contribution in [0.2, 0.25) is 0 Å². The third kappa shape index (κ3) is 5.50. The normalized spacial score (nSPS) is 17.7. The Morgan fingerprint density at radius 1 is 1.17 bits per heavy atom. The van der Waals surface area contributed by atoms with Gasteiger partial charge in [-0.3, -0.25) is 30.4 Å². The minimum Gasteiger partial charge on any atom is -0.485 e. The highest BCUT2D eigenvalue weighted by Crippen LogP contribution is 2.37. The molecule has 10 nitrogen and oxygen atoms in total. The molecule has 1 atom stereocenters. The Kier molecular flexibility index (Phi) is 7.43. The summed E-state index contributed by atoms with van der Waals surface area (Å²) in [5, 5.41) is 34.4. The van der Waals surface area contributed by atoms with Crippen molar-refractivity contribution in [1.82, 2.24) is 10.2 Å². The van der Waals surface area contributed by atoms with Gasteiger partial charge in [0, 0.05) is 25.2 Å². The Labute approximate surface area is 174 Å². The van der Waals surface area contributed by atoms with Gasteiger partial charge in [-0.15, -0.1) is 0 Å². The van der Waals surface area contributed by atoms with Crippen LogP contribution in [0.25, 0.3) is 0 Å². The average molecular weight is 418 g/mol. The number of hydrogen-bond donors (Lipinski definition) is 2. The monoisotopic (exact) mass is 418 g/mol. The van der Waals surface area contributed by atoms with E-state index in [2.05, 4.69) is 40.9 Å². The molecule has 1 aliphatic heterocycles. The second-order valence-electron chi connectivity index (χ2n) is 7.38. The summed E-state index contributed by atoms with van der Waals surface area (Å²) >= 11 is 0. The molecular formula is C20H26N4O6. The van der Waals surface area contributed by atoms with E-state index in [1.54, 1.807) is 6.92 Å². The van der Waals surface area contributed by atoms with E-state index in [-0.39, 0.29) is 17.6 Å². The largest absolute Gasteiger partial charge is 0.485 e. The first-order valence-electron chi connectivity index (χ1n) is 9.28. The summed E-state index contributed by atoms with van der Waals surface area (Å²) in [7, 11) is 1.16. The Hall–Kier alpha value is -3.08. The van der Waals surface area contributed by atoms with Gasteiger partial charge in [0.05, 0.1) is 22.6 Å². The van der Waals surface area contributed by atoms with Gasteiger partial charge < -0.3 is 9.84 Å². The van der Waals surface area contributed by atoms with E-state index in [1.807, 2.05) is 18.2 Å². The van der Waals surface area contributed by atoms with Gasteiger partial charge in [0.15, 0.2) is 0 Å². The summed E-state index contributed by atoms with van der Waals surface area (Å²) in [4.78, 5) is 21.9. The Morgan fingerprint density at radius 2 is 1.70 bits per heavy atom. The number of aliphatic hydroxyl groups is 1. The topological polar surface area (TPSA) is 131 Å². The van der Waals surface area contributed by atoms with Crippen LogP contribution in [0.1, 0.15) is 25.0 Å². The fraction of sp³-hybridized carbons (Fsp3) is 0.400. The molecular weight excluding hydrogens is 392 g/mol. The summed E-state index contributed by atoms with van der Waals surface area (Å²) in [6, 6.07) is 12.7. The molecule has 2 aromatic carbocycles. The fourth-order valence-electron chi connectivity index (χ4n) is 3.22. The van der Waals surface area contributed by atoms with Crippen LogP contribution in [-0.4, -0.2) is 45.4 Å². The third-order valence-corrected chi connectivity index (χ3v) is 4.78. The van der Waals surface area contributed by atoms with Crippen LogP contribution < -0.4 is 10.1 Å². The predicted octanol–water partition coefficient (Wildman–Crippen LogP) is 2.97. The lowest BCUT2D eigenvalue weighted by Crippen LogP contribution is -2.47. The Morgan fingerprint density at radius 3 is 2.10 bits per heavy atom. The van der Waals surface area contributed by atoms with E-state index < -0.39 is 21.2 Å². The molecule has 0 aromatic heterocycles. The van der Waals surface area contributed by atoms with Gasteiger partial charge in [0.2, 0.25) is 0 Å². The van der Waals surface area contributed by atoms with Gasteiger partial charge in [0.25, 0.3) is 5.75 Å². The van der Waals surface area contributed by atoms with Crippen molar-refractivity contribution in [2.75, 3.05) is 13.7 Å². The standard InChI is InChI=1S/C12H18N2O.C8H8N2O5/c1-12(2)13-8-11(15)14(12)9-10-6-4-3-5-7-10;1-5-3-6(9(11)12)8(15-2)7(4-5)10(13)14/h3-7,11,13,15H,8-9H2,1-2H3;3-4H,1-2H3. The smallest absolute Gasteiger partial charge is 0.318 e. The van der Waals surface area contributed by atoms with Gasteiger partial charge in [-0.2, -0.15) is 0 Å². The second-order valence-corrected chi connectivity index (χ2v) is 7.38. The molecule has 0 spiro atoms. The van der Waals surface area contributed by atoms with Crippen molar-refractivity contribution < 1.29 is 19.7 Å². The molecule has 1 unspecified atom stereocenters. The van der Waals surface area contributed by atoms with Crippen LogP contribution in [0.15, 0.2) is 42.5 Å². The van der Waals surface area contributed by atoms with E-state index in [4.69, 9.17) is 0 Å². The zero-order chi connectivity index (χ0) is 22.5. The van der Waals surface area contributed by atoms with Crippen molar-refractivity contribution in [1.29, 1.82) is 0 Å². The zero-order valence-corrected chi connectivity index (χ0v) is 17.4. The molecule has 1 heterocycles.